The van der Waals surface area contributed by atoms with Gasteiger partial charge in [-0.1, -0.05) is 43.3 Å². The lowest BCUT2D eigenvalue weighted by atomic mass is 9.95. The highest BCUT2D eigenvalue weighted by Crippen LogP contribution is 2.37. The minimum atomic E-state index is -4.66. The van der Waals surface area contributed by atoms with Gasteiger partial charge in [0.2, 0.25) is 0 Å². The Balaban J connectivity index is 0.000000159. The van der Waals surface area contributed by atoms with E-state index in [4.69, 9.17) is 4.98 Å². The number of aromatic nitrogens is 3. The minimum Gasteiger partial charge on any atom is -0.406 e. The second-order valence-corrected chi connectivity index (χ2v) is 21.0. The lowest BCUT2D eigenvalue weighted by Crippen LogP contribution is -2.26. The largest absolute Gasteiger partial charge is 0.573 e. The number of benzene rings is 3. The van der Waals surface area contributed by atoms with Gasteiger partial charge in [-0.25, -0.2) is 15.0 Å². The number of alkyl halides is 9. The number of rotatable bonds is 13. The molecule has 3 fully saturated rings. The number of halogens is 9. The van der Waals surface area contributed by atoms with Gasteiger partial charge in [0.1, 0.15) is 17.2 Å². The molecule has 6 heterocycles. The van der Waals surface area contributed by atoms with E-state index in [-0.39, 0.29) is 17.2 Å². The van der Waals surface area contributed by atoms with Gasteiger partial charge in [0.05, 0.1) is 26.4 Å². The van der Waals surface area contributed by atoms with Crippen LogP contribution >= 0.6 is 34.0 Å². The molecule has 3 aromatic carbocycles. The molecule has 0 spiro atoms. The summed E-state index contributed by atoms with van der Waals surface area (Å²) in [7, 11) is 0. The Hall–Kier alpha value is -4.80. The maximum atomic E-state index is 12.3. The Kier molecular flexibility index (Phi) is 19.4. The van der Waals surface area contributed by atoms with Crippen LogP contribution in [0.2, 0.25) is 0 Å². The Morgan fingerprint density at radius 3 is 1.46 bits per heavy atom. The van der Waals surface area contributed by atoms with Crippen LogP contribution < -0.4 is 30.2 Å². The zero-order valence-corrected chi connectivity index (χ0v) is 42.2. The molecule has 0 saturated carbocycles. The first-order valence-electron chi connectivity index (χ1n) is 23.9. The van der Waals surface area contributed by atoms with Gasteiger partial charge in [-0.05, 0) is 162 Å². The van der Waals surface area contributed by atoms with Crippen molar-refractivity contribution in [3.8, 4) is 17.2 Å². The van der Waals surface area contributed by atoms with Gasteiger partial charge in [0.25, 0.3) is 0 Å². The van der Waals surface area contributed by atoms with E-state index in [1.54, 1.807) is 70.4 Å². The Labute approximate surface area is 425 Å². The third-order valence-electron chi connectivity index (χ3n) is 12.2. The van der Waals surface area contributed by atoms with Crippen molar-refractivity contribution in [2.75, 3.05) is 39.3 Å². The monoisotopic (exact) mass is 1070 g/mol. The Morgan fingerprint density at radius 2 is 0.958 bits per heavy atom. The van der Waals surface area contributed by atoms with E-state index in [9.17, 15) is 39.5 Å². The molecule has 9 rings (SSSR count). The quantitative estimate of drug-likeness (QED) is 0.0976. The third kappa shape index (κ3) is 17.7. The highest BCUT2D eigenvalue weighted by Gasteiger charge is 2.33. The van der Waals surface area contributed by atoms with Crippen LogP contribution in [0.15, 0.2) is 79.0 Å². The van der Waals surface area contributed by atoms with Gasteiger partial charge in [0.15, 0.2) is 0 Å². The number of nitrogens with one attached hydrogen (secondary N) is 3. The van der Waals surface area contributed by atoms with Crippen LogP contribution in [0.4, 0.5) is 39.5 Å². The molecule has 9 nitrogen and oxygen atoms in total. The fourth-order valence-electron chi connectivity index (χ4n) is 8.85. The van der Waals surface area contributed by atoms with Crippen LogP contribution in [0.3, 0.4) is 0 Å². The molecule has 0 radical (unpaired) electrons. The molecule has 390 valence electrons. The average molecular weight is 1070 g/mol. The van der Waals surface area contributed by atoms with E-state index in [1.165, 1.54) is 56.7 Å². The predicted octanol–water partition coefficient (Wildman–Crippen LogP) is 13.2. The second kappa shape index (κ2) is 25.4. The van der Waals surface area contributed by atoms with E-state index >= 15 is 0 Å². The molecule has 21 heteroatoms. The number of thiazole rings is 3. The first kappa shape index (κ1) is 55.0. The van der Waals surface area contributed by atoms with Gasteiger partial charge in [0, 0.05) is 40.1 Å². The van der Waals surface area contributed by atoms with Crippen molar-refractivity contribution in [1.29, 1.82) is 0 Å². The lowest BCUT2D eigenvalue weighted by molar-refractivity contribution is -0.275. The zero-order chi connectivity index (χ0) is 51.3. The van der Waals surface area contributed by atoms with Crippen molar-refractivity contribution >= 4 is 34.0 Å². The highest BCUT2D eigenvalue weighted by molar-refractivity contribution is 7.12. The SMILES string of the molecule is CCc1nc(Cc2ccc(OC(F)(F)F)cc2)sc1C1CCNCC1.Cc1nc(Cc2ccc(OC(F)(F)F)cc2)sc1C1CCNCC1.FC(F)(F)Oc1cccc(Cc2ncc(C3CCNCC3)s2)c1. The molecule has 3 aromatic heterocycles. The molecule has 0 unspecified atom stereocenters. The van der Waals surface area contributed by atoms with Crippen molar-refractivity contribution in [2.24, 2.45) is 0 Å². The summed E-state index contributed by atoms with van der Waals surface area (Å²) in [5.41, 5.74) is 4.87. The molecule has 72 heavy (non-hydrogen) atoms. The van der Waals surface area contributed by atoms with Gasteiger partial charge in [-0.2, -0.15) is 0 Å². The van der Waals surface area contributed by atoms with Crippen LogP contribution in [0, 0.1) is 6.92 Å². The molecule has 0 atom stereocenters. The number of ether oxygens (including phenoxy) is 3. The van der Waals surface area contributed by atoms with Crippen LogP contribution in [0.5, 0.6) is 17.2 Å². The summed E-state index contributed by atoms with van der Waals surface area (Å²) in [5, 5.41) is 13.0. The normalized spacial score (nSPS) is 16.3. The molecule has 3 aliphatic heterocycles. The van der Waals surface area contributed by atoms with Crippen LogP contribution in [0.25, 0.3) is 0 Å². The number of hydrogen-bond acceptors (Lipinski definition) is 12. The molecule has 3 saturated heterocycles. The predicted molar refractivity (Wildman–Crippen MR) is 263 cm³/mol. The maximum absolute atomic E-state index is 12.3. The van der Waals surface area contributed by atoms with Crippen molar-refractivity contribution < 1.29 is 53.7 Å². The standard InChI is InChI=1S/C18H21F3N2OS.C17H19F3N2OS.C16H17F3N2OS/c1-2-15-17(13-7-9-22-10-8-13)25-16(23-15)11-12-3-5-14(6-4-12)24-18(19,20)21;1-11-16(13-6-8-21-9-7-13)24-15(22-11)10-12-2-4-14(5-3-12)23-17(18,19)20;17-16(18,19)22-13-3-1-2-11(8-13)9-15-21-10-14(23-15)12-4-6-20-7-5-12/h3-6,13,22H,2,7-11H2,1H3;2-5,13,21H,6-10H2,1H3;1-3,8,10,12,20H,4-7,9H2. The molecular formula is C51H57F9N6O3S3. The molecule has 3 aliphatic rings. The van der Waals surface area contributed by atoms with Crippen molar-refractivity contribution in [3.63, 3.8) is 0 Å². The summed E-state index contributed by atoms with van der Waals surface area (Å²) in [6, 6.07) is 18.1. The first-order valence-corrected chi connectivity index (χ1v) is 26.3. The van der Waals surface area contributed by atoms with E-state index in [0.717, 1.165) is 122 Å². The molecule has 0 bridgehead atoms. The summed E-state index contributed by atoms with van der Waals surface area (Å²) in [6.45, 7) is 10.4. The van der Waals surface area contributed by atoms with Gasteiger partial charge in [-0.15, -0.1) is 73.5 Å². The summed E-state index contributed by atoms with van der Waals surface area (Å²) >= 11 is 5.13. The zero-order valence-electron chi connectivity index (χ0n) is 39.7. The summed E-state index contributed by atoms with van der Waals surface area (Å²) < 4.78 is 122. The first-order chi connectivity index (χ1) is 34.3. The number of aryl methyl sites for hydroxylation is 2. The van der Waals surface area contributed by atoms with E-state index in [0.29, 0.717) is 37.0 Å². The van der Waals surface area contributed by atoms with Crippen molar-refractivity contribution in [2.45, 2.75) is 115 Å². The molecule has 0 aliphatic carbocycles. The van der Waals surface area contributed by atoms with Gasteiger partial charge < -0.3 is 30.2 Å². The van der Waals surface area contributed by atoms with Crippen molar-refractivity contribution in [3.05, 3.63) is 137 Å². The maximum Gasteiger partial charge on any atom is 0.573 e. The molecule has 3 N–H and O–H groups in total. The average Bonchev–Trinajstić information content (AvgIpc) is 4.08. The van der Waals surface area contributed by atoms with Crippen molar-refractivity contribution in [1.82, 2.24) is 30.9 Å². The molecule has 0 amide bonds. The Morgan fingerprint density at radius 1 is 0.514 bits per heavy atom. The van der Waals surface area contributed by atoms with Gasteiger partial charge >= 0.3 is 19.1 Å². The molecule has 6 aromatic rings. The minimum absolute atomic E-state index is 0.190. The number of piperidine rings is 3. The van der Waals surface area contributed by atoms with Gasteiger partial charge in [-0.3, -0.25) is 0 Å². The highest BCUT2D eigenvalue weighted by atomic mass is 32.1. The van der Waals surface area contributed by atoms with Crippen LogP contribution in [-0.2, 0) is 25.7 Å². The lowest BCUT2D eigenvalue weighted by Gasteiger charge is -2.22. The fraction of sp³-hybridized carbons (Fsp3) is 0.471. The topological polar surface area (TPSA) is 102 Å². The second-order valence-electron chi connectivity index (χ2n) is 17.7. The third-order valence-corrected chi connectivity index (χ3v) is 16.0. The summed E-state index contributed by atoms with van der Waals surface area (Å²) in [5.74, 6) is 1.11. The summed E-state index contributed by atoms with van der Waals surface area (Å²) in [6.07, 6.45) is -2.62. The van der Waals surface area contributed by atoms with Crippen LogP contribution in [0.1, 0.15) is 121 Å². The number of hydrogen-bond donors (Lipinski definition) is 3. The Bertz CT molecular complexity index is 2580. The van der Waals surface area contributed by atoms with Crippen LogP contribution in [-0.4, -0.2) is 73.3 Å². The van der Waals surface area contributed by atoms with E-state index < -0.39 is 19.1 Å². The fourth-order valence-corrected chi connectivity index (χ4v) is 12.6. The van der Waals surface area contributed by atoms with E-state index in [2.05, 4.69) is 47.1 Å². The molecular weight excluding hydrogens is 1010 g/mol. The van der Waals surface area contributed by atoms with E-state index in [1.807, 2.05) is 13.1 Å². The number of nitrogens with zero attached hydrogens (tertiary/aromatic N) is 3. The summed E-state index contributed by atoms with van der Waals surface area (Å²) in [4.78, 5) is 17.8. The smallest absolute Gasteiger partial charge is 0.406 e.